The van der Waals surface area contributed by atoms with Gasteiger partial charge in [-0.2, -0.15) is 4.31 Å². The summed E-state index contributed by atoms with van der Waals surface area (Å²) in [6, 6.07) is 8.52. The summed E-state index contributed by atoms with van der Waals surface area (Å²) in [6.45, 7) is 1.75. The van der Waals surface area contributed by atoms with Gasteiger partial charge in [0.25, 0.3) is 0 Å². The lowest BCUT2D eigenvalue weighted by atomic mass is 9.97. The number of anilines is 1. The van der Waals surface area contributed by atoms with Crippen LogP contribution in [0.5, 0.6) is 5.75 Å². The minimum absolute atomic E-state index is 0.0629. The summed E-state index contributed by atoms with van der Waals surface area (Å²) in [5.74, 6) is -1.49. The molecular formula is C26H24F2N4O5S2. The van der Waals surface area contributed by atoms with Gasteiger partial charge in [-0.05, 0) is 62.2 Å². The summed E-state index contributed by atoms with van der Waals surface area (Å²) in [4.78, 5) is 17.2. The number of sulfonamides is 1. The van der Waals surface area contributed by atoms with E-state index in [1.54, 1.807) is 13.2 Å². The molecule has 4 aromatic rings. The smallest absolute Gasteiger partial charge is 0.248 e. The Hall–Kier alpha value is -3.68. The third kappa shape index (κ3) is 5.56. The molecule has 0 unspecified atom stereocenters. The molecule has 3 heterocycles. The zero-order chi connectivity index (χ0) is 27.7. The Morgan fingerprint density at radius 3 is 2.67 bits per heavy atom. The zero-order valence-electron chi connectivity index (χ0n) is 21.0. The van der Waals surface area contributed by atoms with Gasteiger partial charge in [0, 0.05) is 30.6 Å². The van der Waals surface area contributed by atoms with Crippen molar-refractivity contribution in [2.45, 2.75) is 24.7 Å². The molecule has 1 aliphatic rings. The maximum Gasteiger partial charge on any atom is 0.248 e. The third-order valence-corrected chi connectivity index (χ3v) is 9.45. The summed E-state index contributed by atoms with van der Waals surface area (Å²) in [6.07, 6.45) is 3.22. The summed E-state index contributed by atoms with van der Waals surface area (Å²) in [5, 5.41) is 7.10. The van der Waals surface area contributed by atoms with E-state index in [1.165, 1.54) is 40.8 Å². The van der Waals surface area contributed by atoms with Crippen LogP contribution in [0.3, 0.4) is 0 Å². The number of aromatic nitrogens is 2. The Morgan fingerprint density at radius 1 is 1.18 bits per heavy atom. The second-order valence-electron chi connectivity index (χ2n) is 8.98. The number of nitrogens with zero attached hydrogens (tertiary/aromatic N) is 3. The average molecular weight is 575 g/mol. The monoisotopic (exact) mass is 574 g/mol. The van der Waals surface area contributed by atoms with Gasteiger partial charge in [0.2, 0.25) is 15.9 Å². The van der Waals surface area contributed by atoms with E-state index in [-0.39, 0.29) is 46.8 Å². The molecule has 1 fully saturated rings. The minimum Gasteiger partial charge on any atom is -0.497 e. The number of ether oxygens (including phenoxy) is 1. The standard InChI is InChI=1S/C26H24F2N4O5S2/c1-15-24(22(37-31-15)8-4-16-3-5-18(27)13-20(16)28)39(34,35)32-11-9-17(10-12-32)25(33)30-26-29-21-7-6-19(36-2)14-23(21)38-26/h3-8,13-14,17H,9-12H2,1-2H3,(H,29,30,33)/b8-4+. The van der Waals surface area contributed by atoms with E-state index >= 15 is 0 Å². The Labute approximate surface area is 227 Å². The fourth-order valence-corrected chi connectivity index (χ4v) is 7.00. The number of carbonyl (C=O) groups is 1. The van der Waals surface area contributed by atoms with Crippen LogP contribution in [0.25, 0.3) is 22.4 Å². The van der Waals surface area contributed by atoms with Gasteiger partial charge in [-0.25, -0.2) is 22.2 Å². The van der Waals surface area contributed by atoms with Crippen LogP contribution in [0.1, 0.15) is 29.9 Å². The molecule has 1 aliphatic heterocycles. The van der Waals surface area contributed by atoms with Crippen molar-refractivity contribution in [1.82, 2.24) is 14.4 Å². The van der Waals surface area contributed by atoms with Crippen molar-refractivity contribution in [3.63, 3.8) is 0 Å². The van der Waals surface area contributed by atoms with E-state index in [9.17, 15) is 22.0 Å². The van der Waals surface area contributed by atoms with E-state index in [0.29, 0.717) is 23.7 Å². The van der Waals surface area contributed by atoms with E-state index in [1.807, 2.05) is 12.1 Å². The lowest BCUT2D eigenvalue weighted by Crippen LogP contribution is -2.41. The number of hydrogen-bond acceptors (Lipinski definition) is 8. The van der Waals surface area contributed by atoms with Gasteiger partial charge in [-0.15, -0.1) is 0 Å². The lowest BCUT2D eigenvalue weighted by Gasteiger charge is -2.30. The quantitative estimate of drug-likeness (QED) is 0.327. The molecule has 204 valence electrons. The topological polar surface area (TPSA) is 115 Å². The molecule has 2 aromatic carbocycles. The van der Waals surface area contributed by atoms with Crippen LogP contribution in [0.15, 0.2) is 45.8 Å². The van der Waals surface area contributed by atoms with E-state index < -0.39 is 21.7 Å². The Morgan fingerprint density at radius 2 is 1.95 bits per heavy atom. The highest BCUT2D eigenvalue weighted by Crippen LogP contribution is 2.32. The molecule has 39 heavy (non-hydrogen) atoms. The molecule has 1 amide bonds. The Balaban J connectivity index is 1.26. The van der Waals surface area contributed by atoms with Crippen LogP contribution in [0.4, 0.5) is 13.9 Å². The molecule has 0 radical (unpaired) electrons. The maximum atomic E-state index is 14.0. The molecule has 1 N–H and O–H groups in total. The number of thiazole rings is 1. The predicted octanol–water partition coefficient (Wildman–Crippen LogP) is 5.09. The number of amides is 1. The fraction of sp³-hybridized carbons (Fsp3) is 0.269. The molecule has 2 aromatic heterocycles. The summed E-state index contributed by atoms with van der Waals surface area (Å²) < 4.78 is 66.7. The van der Waals surface area contributed by atoms with Gasteiger partial charge in [0.05, 0.1) is 17.3 Å². The Kier molecular flexibility index (Phi) is 7.47. The van der Waals surface area contributed by atoms with Crippen molar-refractivity contribution < 1.29 is 31.3 Å². The van der Waals surface area contributed by atoms with Crippen LogP contribution in [0.2, 0.25) is 0 Å². The van der Waals surface area contributed by atoms with E-state index in [0.717, 1.165) is 22.3 Å². The number of methoxy groups -OCH3 is 1. The van der Waals surface area contributed by atoms with Crippen molar-refractivity contribution in [2.24, 2.45) is 5.92 Å². The van der Waals surface area contributed by atoms with Crippen LogP contribution in [-0.4, -0.2) is 49.0 Å². The number of aryl methyl sites for hydroxylation is 1. The minimum atomic E-state index is -4.02. The average Bonchev–Trinajstić information content (AvgIpc) is 3.50. The highest BCUT2D eigenvalue weighted by molar-refractivity contribution is 7.89. The second-order valence-corrected chi connectivity index (χ2v) is 11.9. The van der Waals surface area contributed by atoms with Gasteiger partial charge in [0.1, 0.15) is 23.1 Å². The zero-order valence-corrected chi connectivity index (χ0v) is 22.6. The number of rotatable bonds is 7. The van der Waals surface area contributed by atoms with Gasteiger partial charge in [-0.1, -0.05) is 16.5 Å². The molecule has 0 saturated carbocycles. The number of halogens is 2. The van der Waals surface area contributed by atoms with Crippen molar-refractivity contribution in [3.8, 4) is 5.75 Å². The summed E-state index contributed by atoms with van der Waals surface area (Å²) in [7, 11) is -2.44. The SMILES string of the molecule is COc1ccc2nc(NC(=O)C3CCN(S(=O)(=O)c4c(C)noc4/C=C/c4ccc(F)cc4F)CC3)sc2c1. The maximum absolute atomic E-state index is 14.0. The largest absolute Gasteiger partial charge is 0.497 e. The number of piperidine rings is 1. The van der Waals surface area contributed by atoms with Crippen molar-refractivity contribution in [1.29, 1.82) is 0 Å². The van der Waals surface area contributed by atoms with Crippen LogP contribution >= 0.6 is 11.3 Å². The second kappa shape index (κ2) is 10.8. The first-order valence-corrected chi connectivity index (χ1v) is 14.3. The molecule has 5 rings (SSSR count). The number of carbonyl (C=O) groups excluding carboxylic acids is 1. The predicted molar refractivity (Wildman–Crippen MR) is 143 cm³/mol. The van der Waals surface area contributed by atoms with Crippen molar-refractivity contribution in [2.75, 3.05) is 25.5 Å². The summed E-state index contributed by atoms with van der Waals surface area (Å²) >= 11 is 1.33. The molecular weight excluding hydrogens is 550 g/mol. The molecule has 0 spiro atoms. The highest BCUT2D eigenvalue weighted by atomic mass is 32.2. The first-order chi connectivity index (χ1) is 18.7. The number of benzene rings is 2. The molecule has 0 bridgehead atoms. The normalized spacial score (nSPS) is 15.3. The molecule has 13 heteroatoms. The number of hydrogen-bond donors (Lipinski definition) is 1. The molecule has 1 saturated heterocycles. The van der Waals surface area contributed by atoms with Crippen molar-refractivity contribution >= 4 is 54.8 Å². The highest BCUT2D eigenvalue weighted by Gasteiger charge is 2.36. The van der Waals surface area contributed by atoms with Crippen molar-refractivity contribution in [3.05, 3.63) is 65.1 Å². The van der Waals surface area contributed by atoms with E-state index in [2.05, 4.69) is 15.5 Å². The van der Waals surface area contributed by atoms with E-state index in [4.69, 9.17) is 9.26 Å². The molecule has 0 atom stereocenters. The number of nitrogens with one attached hydrogen (secondary N) is 1. The fourth-order valence-electron chi connectivity index (χ4n) is 4.38. The Bertz CT molecular complexity index is 1670. The van der Waals surface area contributed by atoms with Crippen LogP contribution in [-0.2, 0) is 14.8 Å². The first kappa shape index (κ1) is 26.9. The van der Waals surface area contributed by atoms with Crippen LogP contribution < -0.4 is 10.1 Å². The number of fused-ring (bicyclic) bond motifs is 1. The third-order valence-electron chi connectivity index (χ3n) is 6.46. The van der Waals surface area contributed by atoms with Gasteiger partial charge in [-0.3, -0.25) is 4.79 Å². The first-order valence-electron chi connectivity index (χ1n) is 12.0. The summed E-state index contributed by atoms with van der Waals surface area (Å²) in [5.41, 5.74) is 0.961. The lowest BCUT2D eigenvalue weighted by molar-refractivity contribution is -0.120. The van der Waals surface area contributed by atoms with Crippen LogP contribution in [0, 0.1) is 24.5 Å². The molecule has 0 aliphatic carbocycles. The van der Waals surface area contributed by atoms with Gasteiger partial charge >= 0.3 is 0 Å². The van der Waals surface area contributed by atoms with Gasteiger partial charge in [0.15, 0.2) is 15.8 Å². The molecule has 9 nitrogen and oxygen atoms in total. The van der Waals surface area contributed by atoms with Gasteiger partial charge < -0.3 is 14.6 Å².